The van der Waals surface area contributed by atoms with Crippen LogP contribution in [0, 0.1) is 11.8 Å². The van der Waals surface area contributed by atoms with Crippen LogP contribution in [0.4, 0.5) is 0 Å². The molecular formula is C34H55NO. The second-order valence-corrected chi connectivity index (χ2v) is 12.0. The van der Waals surface area contributed by atoms with Crippen LogP contribution in [0.2, 0.25) is 0 Å². The van der Waals surface area contributed by atoms with E-state index < -0.39 is 0 Å². The molecule has 1 saturated carbocycles. The summed E-state index contributed by atoms with van der Waals surface area (Å²) in [6.07, 6.45) is 11.7. The lowest BCUT2D eigenvalue weighted by molar-refractivity contribution is 0.114. The van der Waals surface area contributed by atoms with Crippen molar-refractivity contribution in [3.05, 3.63) is 65.7 Å². The third-order valence-corrected chi connectivity index (χ3v) is 7.51. The Labute approximate surface area is 223 Å². The lowest BCUT2D eigenvalue weighted by Gasteiger charge is -2.29. The van der Waals surface area contributed by atoms with Crippen molar-refractivity contribution in [2.24, 2.45) is 11.8 Å². The van der Waals surface area contributed by atoms with Gasteiger partial charge in [-0.05, 0) is 73.2 Å². The van der Waals surface area contributed by atoms with Crippen molar-refractivity contribution in [3.63, 3.8) is 0 Å². The Hall–Kier alpha value is -1.80. The smallest absolute Gasteiger partial charge is 0.119 e. The largest absolute Gasteiger partial charge is 0.490 e. The Morgan fingerprint density at radius 2 is 1.22 bits per heavy atom. The van der Waals surface area contributed by atoms with Crippen LogP contribution in [0.5, 0.6) is 5.75 Å². The van der Waals surface area contributed by atoms with Crippen LogP contribution < -0.4 is 4.74 Å². The molecule has 0 bridgehead atoms. The Bertz CT molecular complexity index is 782. The van der Waals surface area contributed by atoms with Crippen LogP contribution in [-0.4, -0.2) is 31.1 Å². The van der Waals surface area contributed by atoms with Crippen molar-refractivity contribution in [2.45, 2.75) is 111 Å². The monoisotopic (exact) mass is 493 g/mol. The summed E-state index contributed by atoms with van der Waals surface area (Å²) >= 11 is 0. The summed E-state index contributed by atoms with van der Waals surface area (Å²) < 4.78 is 6.01. The molecule has 1 heterocycles. The van der Waals surface area contributed by atoms with E-state index in [1.165, 1.54) is 49.7 Å². The zero-order valence-corrected chi connectivity index (χ0v) is 24.5. The summed E-state index contributed by atoms with van der Waals surface area (Å²) in [7, 11) is 2.17. The van der Waals surface area contributed by atoms with Gasteiger partial charge in [-0.2, -0.15) is 0 Å². The van der Waals surface area contributed by atoms with E-state index in [1.807, 2.05) is 6.07 Å². The Morgan fingerprint density at radius 1 is 0.694 bits per heavy atom. The predicted molar refractivity (Wildman–Crippen MR) is 158 cm³/mol. The van der Waals surface area contributed by atoms with Crippen molar-refractivity contribution in [1.82, 2.24) is 4.90 Å². The van der Waals surface area contributed by atoms with Gasteiger partial charge in [-0.3, -0.25) is 0 Å². The zero-order valence-electron chi connectivity index (χ0n) is 24.5. The molecule has 2 aromatic rings. The highest BCUT2D eigenvalue weighted by molar-refractivity contribution is 5.29. The first kappa shape index (κ1) is 30.4. The summed E-state index contributed by atoms with van der Waals surface area (Å²) in [5.74, 6) is 4.26. The van der Waals surface area contributed by atoms with Crippen LogP contribution in [0.15, 0.2) is 54.6 Å². The third kappa shape index (κ3) is 12.4. The first-order valence-corrected chi connectivity index (χ1v) is 14.7. The van der Waals surface area contributed by atoms with Gasteiger partial charge in [0.1, 0.15) is 11.9 Å². The number of likely N-dealkylation sites (tertiary alicyclic amines) is 1. The lowest BCUT2D eigenvalue weighted by Crippen LogP contribution is -2.35. The van der Waals surface area contributed by atoms with Gasteiger partial charge in [-0.25, -0.2) is 0 Å². The molecule has 2 nitrogen and oxygen atoms in total. The van der Waals surface area contributed by atoms with Gasteiger partial charge in [0.15, 0.2) is 0 Å². The number of rotatable bonds is 6. The lowest BCUT2D eigenvalue weighted by atomic mass is 9.84. The molecule has 0 aromatic heterocycles. The summed E-state index contributed by atoms with van der Waals surface area (Å²) in [4.78, 5) is 2.36. The minimum atomic E-state index is 0.399. The van der Waals surface area contributed by atoms with Gasteiger partial charge in [0.25, 0.3) is 0 Å². The van der Waals surface area contributed by atoms with Crippen molar-refractivity contribution in [1.29, 1.82) is 0 Å². The molecule has 2 aliphatic rings. The summed E-state index contributed by atoms with van der Waals surface area (Å²) in [5.41, 5.74) is 2.79. The van der Waals surface area contributed by atoms with Crippen LogP contribution in [0.25, 0.3) is 0 Å². The quantitative estimate of drug-likeness (QED) is 0.397. The Morgan fingerprint density at radius 3 is 1.69 bits per heavy atom. The van der Waals surface area contributed by atoms with E-state index in [0.717, 1.165) is 43.5 Å². The second kappa shape index (κ2) is 16.8. The molecule has 2 heteroatoms. The topological polar surface area (TPSA) is 12.5 Å². The minimum absolute atomic E-state index is 0.399. The van der Waals surface area contributed by atoms with Crippen LogP contribution in [-0.2, 0) is 0 Å². The molecule has 36 heavy (non-hydrogen) atoms. The van der Waals surface area contributed by atoms with E-state index >= 15 is 0 Å². The molecule has 0 amide bonds. The summed E-state index contributed by atoms with van der Waals surface area (Å²) in [5, 5.41) is 0. The molecule has 0 spiro atoms. The van der Waals surface area contributed by atoms with E-state index in [-0.39, 0.29) is 0 Å². The summed E-state index contributed by atoms with van der Waals surface area (Å²) in [6, 6.07) is 19.1. The maximum absolute atomic E-state index is 6.01. The third-order valence-electron chi connectivity index (χ3n) is 7.51. The fourth-order valence-corrected chi connectivity index (χ4v) is 5.15. The summed E-state index contributed by atoms with van der Waals surface area (Å²) in [6.45, 7) is 15.8. The molecule has 1 aliphatic heterocycles. The first-order valence-electron chi connectivity index (χ1n) is 14.7. The van der Waals surface area contributed by atoms with Crippen molar-refractivity contribution < 1.29 is 4.74 Å². The number of benzene rings is 2. The van der Waals surface area contributed by atoms with Crippen LogP contribution in [0.3, 0.4) is 0 Å². The maximum Gasteiger partial charge on any atom is 0.119 e. The zero-order chi connectivity index (χ0) is 26.3. The molecule has 1 aliphatic carbocycles. The van der Waals surface area contributed by atoms with E-state index in [9.17, 15) is 0 Å². The van der Waals surface area contributed by atoms with Crippen LogP contribution in [0.1, 0.15) is 116 Å². The highest BCUT2D eigenvalue weighted by Gasteiger charge is 2.18. The normalized spacial score (nSPS) is 17.4. The Balaban J connectivity index is 0.000000205. The molecule has 0 radical (unpaired) electrons. The van der Waals surface area contributed by atoms with Crippen molar-refractivity contribution in [3.8, 4) is 5.75 Å². The van der Waals surface area contributed by atoms with Gasteiger partial charge in [-0.15, -0.1) is 0 Å². The number of nitrogens with zero attached hydrogens (tertiary/aromatic N) is 1. The number of piperidine rings is 1. The molecule has 202 valence electrons. The molecule has 0 N–H and O–H groups in total. The van der Waals surface area contributed by atoms with E-state index in [0.29, 0.717) is 17.9 Å². The van der Waals surface area contributed by atoms with Gasteiger partial charge in [0.05, 0.1) is 0 Å². The van der Waals surface area contributed by atoms with Crippen LogP contribution >= 0.6 is 0 Å². The highest BCUT2D eigenvalue weighted by atomic mass is 16.5. The molecule has 2 aromatic carbocycles. The molecule has 1 saturated heterocycles. The molecular weight excluding hydrogens is 438 g/mol. The highest BCUT2D eigenvalue weighted by Crippen LogP contribution is 2.28. The first-order chi connectivity index (χ1) is 17.2. The maximum atomic E-state index is 6.01. The van der Waals surface area contributed by atoms with Crippen molar-refractivity contribution in [2.75, 3.05) is 20.1 Å². The van der Waals surface area contributed by atoms with E-state index in [1.54, 1.807) is 0 Å². The number of hydrogen-bond donors (Lipinski definition) is 0. The number of ether oxygens (including phenoxy) is 1. The van der Waals surface area contributed by atoms with E-state index in [2.05, 4.69) is 102 Å². The fourth-order valence-electron chi connectivity index (χ4n) is 5.15. The molecule has 4 rings (SSSR count). The predicted octanol–water partition coefficient (Wildman–Crippen LogP) is 9.71. The average molecular weight is 494 g/mol. The average Bonchev–Trinajstić information content (AvgIpc) is 2.87. The van der Waals surface area contributed by atoms with E-state index in [4.69, 9.17) is 4.74 Å². The molecule has 0 atom stereocenters. The Kier molecular flexibility index (Phi) is 14.2. The van der Waals surface area contributed by atoms with Gasteiger partial charge in [0, 0.05) is 13.1 Å². The fraction of sp³-hybridized carbons (Fsp3) is 0.647. The standard InChI is InChI=1S/C15H23NO.C10H20.C9H12/c1-12(2)13-4-6-14(7-5-13)17-15-8-10-16(3)11-9-15;1-9(2)8-10-6-4-3-5-7-10;1-8(2)9-6-4-3-5-7-9/h4-7,12,15H,8-11H2,1-3H3;9-10H,3-8H2,1-2H3;3-8H,1-2H3. The second-order valence-electron chi connectivity index (χ2n) is 12.0. The SMILES string of the molecule is CC(C)CC1CCCCC1.CC(C)c1ccc(OC2CCN(C)CC2)cc1.CC(C)c1ccccc1. The van der Waals surface area contributed by atoms with Gasteiger partial charge in [-0.1, -0.05) is 116 Å². The van der Waals surface area contributed by atoms with Gasteiger partial charge >= 0.3 is 0 Å². The molecule has 0 unspecified atom stereocenters. The molecule has 2 fully saturated rings. The minimum Gasteiger partial charge on any atom is -0.490 e. The van der Waals surface area contributed by atoms with Gasteiger partial charge < -0.3 is 9.64 Å². The number of hydrogen-bond acceptors (Lipinski definition) is 2. The van der Waals surface area contributed by atoms with Gasteiger partial charge in [0.2, 0.25) is 0 Å². The van der Waals surface area contributed by atoms with Crippen molar-refractivity contribution >= 4 is 0 Å².